The van der Waals surface area contributed by atoms with Crippen LogP contribution in [0.2, 0.25) is 0 Å². The Morgan fingerprint density at radius 1 is 1.19 bits per heavy atom. The lowest BCUT2D eigenvalue weighted by Gasteiger charge is -2.31. The third kappa shape index (κ3) is 3.66. The van der Waals surface area contributed by atoms with Crippen LogP contribution >= 0.6 is 0 Å². The smallest absolute Gasteiger partial charge is 0.261 e. The number of benzene rings is 2. The topological polar surface area (TPSA) is 55.9 Å². The van der Waals surface area contributed by atoms with Crippen molar-refractivity contribution in [2.24, 2.45) is 0 Å². The van der Waals surface area contributed by atoms with Gasteiger partial charge in [-0.2, -0.15) is 0 Å². The summed E-state index contributed by atoms with van der Waals surface area (Å²) in [4.78, 5) is 19.8. The first-order chi connectivity index (χ1) is 13.1. The van der Waals surface area contributed by atoms with Crippen molar-refractivity contribution >= 4 is 10.9 Å². The summed E-state index contributed by atoms with van der Waals surface area (Å²) in [5, 5.41) is 3.10. The van der Waals surface area contributed by atoms with Crippen LogP contribution in [0.3, 0.4) is 0 Å². The molecule has 4 rings (SSSR count). The predicted molar refractivity (Wildman–Crippen MR) is 107 cm³/mol. The van der Waals surface area contributed by atoms with Crippen LogP contribution in [0, 0.1) is 0 Å². The maximum Gasteiger partial charge on any atom is 0.261 e. The summed E-state index contributed by atoms with van der Waals surface area (Å²) in [5.41, 5.74) is 1.98. The summed E-state index contributed by atoms with van der Waals surface area (Å²) in [6.07, 6.45) is 0. The van der Waals surface area contributed by atoms with Crippen molar-refractivity contribution in [1.29, 1.82) is 0 Å². The molecule has 1 unspecified atom stereocenters. The number of nitrogens with two attached hydrogens (primary N) is 1. The third-order valence-electron chi connectivity index (χ3n) is 5.69. The van der Waals surface area contributed by atoms with Crippen LogP contribution in [-0.4, -0.2) is 35.2 Å². The van der Waals surface area contributed by atoms with E-state index in [9.17, 15) is 4.79 Å². The quantitative estimate of drug-likeness (QED) is 0.702. The molecule has 27 heavy (non-hydrogen) atoms. The van der Waals surface area contributed by atoms with Crippen molar-refractivity contribution in [2.75, 3.05) is 19.6 Å². The molecule has 5 nitrogen and oxygen atoms in total. The van der Waals surface area contributed by atoms with E-state index in [0.29, 0.717) is 18.0 Å². The fraction of sp³-hybridized carbons (Fsp3) is 0.364. The molecule has 140 valence electrons. The first-order valence-corrected chi connectivity index (χ1v) is 9.85. The van der Waals surface area contributed by atoms with Crippen LogP contribution in [-0.2, 0) is 6.54 Å². The van der Waals surface area contributed by atoms with Crippen LogP contribution in [0.15, 0.2) is 59.4 Å². The van der Waals surface area contributed by atoms with Gasteiger partial charge in [-0.1, -0.05) is 42.5 Å². The van der Waals surface area contributed by atoms with E-state index < -0.39 is 0 Å². The highest BCUT2D eigenvalue weighted by molar-refractivity contribution is 5.77. The molecule has 3 N–H and O–H groups in total. The summed E-state index contributed by atoms with van der Waals surface area (Å²) in [7, 11) is 0. The number of hydrogen-bond acceptors (Lipinski definition) is 2. The summed E-state index contributed by atoms with van der Waals surface area (Å²) < 4.78 is 1.89. The highest BCUT2D eigenvalue weighted by Gasteiger charge is 2.30. The average Bonchev–Trinajstić information content (AvgIpc) is 2.70. The molecule has 0 saturated carbocycles. The van der Waals surface area contributed by atoms with E-state index in [1.165, 1.54) is 4.90 Å². The number of aromatic nitrogens is 2. The molecule has 2 aromatic carbocycles. The van der Waals surface area contributed by atoms with Gasteiger partial charge in [-0.15, -0.1) is 0 Å². The van der Waals surface area contributed by atoms with E-state index >= 15 is 0 Å². The number of piperazine rings is 1. The molecule has 3 aromatic rings. The first kappa shape index (κ1) is 17.9. The normalized spacial score (nSPS) is 21.3. The van der Waals surface area contributed by atoms with E-state index in [2.05, 4.69) is 31.3 Å². The van der Waals surface area contributed by atoms with Gasteiger partial charge < -0.3 is 10.2 Å². The van der Waals surface area contributed by atoms with Gasteiger partial charge in [0.2, 0.25) is 0 Å². The lowest BCUT2D eigenvalue weighted by molar-refractivity contribution is -0.979. The number of quaternary nitrogens is 2. The number of para-hydroxylation sites is 1. The molecule has 1 aliphatic rings. The summed E-state index contributed by atoms with van der Waals surface area (Å²) in [6, 6.07) is 18.7. The molecule has 0 spiro atoms. The zero-order chi connectivity index (χ0) is 18.8. The maximum absolute atomic E-state index is 13.3. The van der Waals surface area contributed by atoms with Crippen LogP contribution in [0.5, 0.6) is 0 Å². The number of nitrogens with one attached hydrogen (secondary N) is 1. The lowest BCUT2D eigenvalue weighted by atomic mass is 10.1. The number of hydrogen-bond donors (Lipinski definition) is 2. The molecule has 1 fully saturated rings. The third-order valence-corrected chi connectivity index (χ3v) is 5.69. The summed E-state index contributed by atoms with van der Waals surface area (Å²) >= 11 is 0. The molecular weight excluding hydrogens is 336 g/mol. The minimum absolute atomic E-state index is 0.0577. The number of rotatable bonds is 4. The van der Waals surface area contributed by atoms with Crippen molar-refractivity contribution in [3.63, 3.8) is 0 Å². The van der Waals surface area contributed by atoms with Crippen LogP contribution in [0.1, 0.15) is 31.3 Å². The Bertz CT molecular complexity index is 983. The molecule has 3 atom stereocenters. The number of nitrogens with zero attached hydrogens (tertiary/aromatic N) is 2. The minimum Gasteiger partial charge on any atom is -0.335 e. The second-order valence-electron chi connectivity index (χ2n) is 7.70. The Labute approximate surface area is 159 Å². The molecule has 1 aromatic heterocycles. The predicted octanol–water partition coefficient (Wildman–Crippen LogP) is 0.356. The van der Waals surface area contributed by atoms with Gasteiger partial charge in [0.25, 0.3) is 5.56 Å². The average molecular weight is 364 g/mol. The maximum atomic E-state index is 13.3. The molecule has 0 aliphatic carbocycles. The van der Waals surface area contributed by atoms with Crippen molar-refractivity contribution < 1.29 is 10.2 Å². The second kappa shape index (κ2) is 7.62. The lowest BCUT2D eigenvalue weighted by Crippen LogP contribution is -3.22. The standard InChI is InChI=1S/C22H26N4O/c1-16-14-25(13-12-23-16)17(2)21-24-20-11-7-6-10-19(20)22(27)26(21)15-18-8-4-3-5-9-18/h3-11,16-17,23H,12-15H2,1-2H3/p+2/t16-,17+/m1/s1. The van der Waals surface area contributed by atoms with Crippen molar-refractivity contribution in [3.8, 4) is 0 Å². The van der Waals surface area contributed by atoms with Gasteiger partial charge in [0.15, 0.2) is 5.82 Å². The van der Waals surface area contributed by atoms with Gasteiger partial charge in [-0.25, -0.2) is 4.98 Å². The molecule has 2 heterocycles. The Kier molecular flexibility index (Phi) is 5.05. The Morgan fingerprint density at radius 2 is 1.93 bits per heavy atom. The SMILES string of the molecule is C[C@@H]1C[NH+]([C@@H](C)c2nc3ccccc3c(=O)n2Cc2ccccc2)CC[NH2+]1. The van der Waals surface area contributed by atoms with E-state index in [1.54, 1.807) is 0 Å². The molecular formula is C22H28N4O+2. The van der Waals surface area contributed by atoms with Crippen LogP contribution in [0.4, 0.5) is 0 Å². The largest absolute Gasteiger partial charge is 0.335 e. The van der Waals surface area contributed by atoms with Crippen molar-refractivity contribution in [3.05, 3.63) is 76.3 Å². The van der Waals surface area contributed by atoms with Gasteiger partial charge in [-0.05, 0) is 31.5 Å². The van der Waals surface area contributed by atoms with Gasteiger partial charge in [0.05, 0.1) is 17.4 Å². The monoisotopic (exact) mass is 364 g/mol. The zero-order valence-electron chi connectivity index (χ0n) is 16.1. The van der Waals surface area contributed by atoms with Gasteiger partial charge >= 0.3 is 0 Å². The first-order valence-electron chi connectivity index (χ1n) is 9.85. The Hall–Kier alpha value is -2.50. The summed E-state index contributed by atoms with van der Waals surface area (Å²) in [5.74, 6) is 0.895. The fourth-order valence-corrected chi connectivity index (χ4v) is 4.16. The van der Waals surface area contributed by atoms with E-state index in [4.69, 9.17) is 4.98 Å². The van der Waals surface area contributed by atoms with Crippen LogP contribution in [0.25, 0.3) is 10.9 Å². The van der Waals surface area contributed by atoms with Crippen LogP contribution < -0.4 is 15.8 Å². The van der Waals surface area contributed by atoms with E-state index in [0.717, 1.165) is 36.5 Å². The summed E-state index contributed by atoms with van der Waals surface area (Å²) in [6.45, 7) is 8.36. The van der Waals surface area contributed by atoms with E-state index in [-0.39, 0.29) is 11.6 Å². The molecule has 1 saturated heterocycles. The fourth-order valence-electron chi connectivity index (χ4n) is 4.16. The molecule has 0 bridgehead atoms. The zero-order valence-corrected chi connectivity index (χ0v) is 16.1. The van der Waals surface area contributed by atoms with E-state index in [1.807, 2.05) is 47.0 Å². The molecule has 0 amide bonds. The Balaban J connectivity index is 1.82. The van der Waals surface area contributed by atoms with Crippen molar-refractivity contribution in [2.45, 2.75) is 32.5 Å². The van der Waals surface area contributed by atoms with Gasteiger partial charge in [0.1, 0.15) is 31.7 Å². The minimum atomic E-state index is 0.0577. The highest BCUT2D eigenvalue weighted by atomic mass is 16.1. The second-order valence-corrected chi connectivity index (χ2v) is 7.70. The van der Waals surface area contributed by atoms with Gasteiger partial charge in [0, 0.05) is 0 Å². The van der Waals surface area contributed by atoms with Crippen molar-refractivity contribution in [1.82, 2.24) is 9.55 Å². The molecule has 0 radical (unpaired) electrons. The molecule has 5 heteroatoms. The number of fused-ring (bicyclic) bond motifs is 1. The van der Waals surface area contributed by atoms with Gasteiger partial charge in [-0.3, -0.25) is 9.36 Å². The highest BCUT2D eigenvalue weighted by Crippen LogP contribution is 2.14. The Morgan fingerprint density at radius 3 is 2.70 bits per heavy atom. The molecule has 1 aliphatic heterocycles.